The number of benzene rings is 2. The third-order valence-electron chi connectivity index (χ3n) is 3.49. The van der Waals surface area contributed by atoms with Gasteiger partial charge in [-0.05, 0) is 43.2 Å². The van der Waals surface area contributed by atoms with Gasteiger partial charge in [0.05, 0.1) is 6.10 Å². The number of aliphatic hydroxyl groups excluding tert-OH is 1. The standard InChI is InChI=1S/C17H21NO2/c1-13-3-5-14(6-4-13)17(20)11-12-18(2)15-7-9-16(19)10-8-15/h3-10,17,19-20H,11-12H2,1-2H3. The Hall–Kier alpha value is -2.00. The predicted molar refractivity (Wildman–Crippen MR) is 82.1 cm³/mol. The normalized spacial score (nSPS) is 12.2. The highest BCUT2D eigenvalue weighted by atomic mass is 16.3. The van der Waals surface area contributed by atoms with Gasteiger partial charge >= 0.3 is 0 Å². The number of aliphatic hydroxyl groups is 1. The number of aryl methyl sites for hydroxylation is 1. The Kier molecular flexibility index (Phi) is 4.64. The van der Waals surface area contributed by atoms with E-state index in [-0.39, 0.29) is 5.75 Å². The zero-order chi connectivity index (χ0) is 14.5. The highest BCUT2D eigenvalue weighted by Gasteiger charge is 2.09. The smallest absolute Gasteiger partial charge is 0.115 e. The Labute approximate surface area is 120 Å². The lowest BCUT2D eigenvalue weighted by Crippen LogP contribution is -2.20. The lowest BCUT2D eigenvalue weighted by Gasteiger charge is -2.21. The van der Waals surface area contributed by atoms with Crippen molar-refractivity contribution in [2.75, 3.05) is 18.5 Å². The molecule has 0 aliphatic heterocycles. The van der Waals surface area contributed by atoms with Crippen LogP contribution in [-0.4, -0.2) is 23.8 Å². The summed E-state index contributed by atoms with van der Waals surface area (Å²) < 4.78 is 0. The first-order valence-electron chi connectivity index (χ1n) is 6.81. The average Bonchev–Trinajstić information content (AvgIpc) is 2.46. The second-order valence-corrected chi connectivity index (χ2v) is 5.15. The van der Waals surface area contributed by atoms with Crippen LogP contribution in [0.1, 0.15) is 23.7 Å². The summed E-state index contributed by atoms with van der Waals surface area (Å²) in [6.07, 6.45) is 0.218. The first-order valence-corrected chi connectivity index (χ1v) is 6.81. The minimum absolute atomic E-state index is 0.266. The summed E-state index contributed by atoms with van der Waals surface area (Å²) >= 11 is 0. The average molecular weight is 271 g/mol. The molecule has 0 saturated heterocycles. The summed E-state index contributed by atoms with van der Waals surface area (Å²) in [4.78, 5) is 2.07. The molecule has 0 saturated carbocycles. The quantitative estimate of drug-likeness (QED) is 0.877. The molecule has 2 aromatic carbocycles. The van der Waals surface area contributed by atoms with Gasteiger partial charge in [-0.1, -0.05) is 29.8 Å². The maximum Gasteiger partial charge on any atom is 0.115 e. The molecule has 0 bridgehead atoms. The van der Waals surface area contributed by atoms with E-state index in [1.54, 1.807) is 12.1 Å². The molecule has 0 radical (unpaired) electrons. The molecule has 2 aromatic rings. The molecule has 0 aromatic heterocycles. The second-order valence-electron chi connectivity index (χ2n) is 5.15. The number of anilines is 1. The van der Waals surface area contributed by atoms with Crippen LogP contribution in [-0.2, 0) is 0 Å². The van der Waals surface area contributed by atoms with Gasteiger partial charge in [-0.3, -0.25) is 0 Å². The molecule has 0 amide bonds. The van der Waals surface area contributed by atoms with Gasteiger partial charge in [0.25, 0.3) is 0 Å². The fraction of sp³-hybridized carbons (Fsp3) is 0.294. The summed E-state index contributed by atoms with van der Waals surface area (Å²) in [6, 6.07) is 15.1. The minimum Gasteiger partial charge on any atom is -0.508 e. The van der Waals surface area contributed by atoms with Crippen molar-refractivity contribution in [3.05, 3.63) is 59.7 Å². The molecular formula is C17H21NO2. The number of hydrogen-bond donors (Lipinski definition) is 2. The van der Waals surface area contributed by atoms with Crippen molar-refractivity contribution in [3.63, 3.8) is 0 Å². The van der Waals surface area contributed by atoms with Crippen LogP contribution < -0.4 is 4.90 Å². The Morgan fingerprint density at radius 2 is 1.60 bits per heavy atom. The van der Waals surface area contributed by atoms with Crippen LogP contribution in [0, 0.1) is 6.92 Å². The maximum atomic E-state index is 10.2. The van der Waals surface area contributed by atoms with Crippen molar-refractivity contribution in [1.82, 2.24) is 0 Å². The molecule has 2 rings (SSSR count). The fourth-order valence-corrected chi connectivity index (χ4v) is 2.11. The lowest BCUT2D eigenvalue weighted by molar-refractivity contribution is 0.170. The Morgan fingerprint density at radius 3 is 2.20 bits per heavy atom. The molecule has 1 unspecified atom stereocenters. The van der Waals surface area contributed by atoms with E-state index in [0.717, 1.165) is 17.8 Å². The van der Waals surface area contributed by atoms with Gasteiger partial charge in [-0.15, -0.1) is 0 Å². The first-order chi connectivity index (χ1) is 9.56. The number of aromatic hydroxyl groups is 1. The van der Waals surface area contributed by atoms with Gasteiger partial charge in [0.15, 0.2) is 0 Å². The summed E-state index contributed by atoms with van der Waals surface area (Å²) in [5.41, 5.74) is 3.18. The van der Waals surface area contributed by atoms with E-state index in [0.29, 0.717) is 6.42 Å². The molecule has 106 valence electrons. The third kappa shape index (κ3) is 3.75. The lowest BCUT2D eigenvalue weighted by atomic mass is 10.0. The van der Waals surface area contributed by atoms with Crippen LogP contribution in [0.15, 0.2) is 48.5 Å². The van der Waals surface area contributed by atoms with Crippen LogP contribution in [0.5, 0.6) is 5.75 Å². The van der Waals surface area contributed by atoms with E-state index in [9.17, 15) is 10.2 Å². The van der Waals surface area contributed by atoms with Gasteiger partial charge in [-0.2, -0.15) is 0 Å². The van der Waals surface area contributed by atoms with E-state index in [2.05, 4.69) is 4.90 Å². The molecule has 0 aliphatic carbocycles. The number of rotatable bonds is 5. The molecule has 20 heavy (non-hydrogen) atoms. The number of phenolic OH excluding ortho intramolecular Hbond substituents is 1. The third-order valence-corrected chi connectivity index (χ3v) is 3.49. The SMILES string of the molecule is Cc1ccc(C(O)CCN(C)c2ccc(O)cc2)cc1. The van der Waals surface area contributed by atoms with Gasteiger partial charge in [0, 0.05) is 19.3 Å². The van der Waals surface area contributed by atoms with E-state index in [1.165, 1.54) is 5.56 Å². The first kappa shape index (κ1) is 14.4. The van der Waals surface area contributed by atoms with Gasteiger partial charge in [-0.25, -0.2) is 0 Å². The molecule has 0 heterocycles. The van der Waals surface area contributed by atoms with Crippen molar-refractivity contribution < 1.29 is 10.2 Å². The highest BCUT2D eigenvalue weighted by Crippen LogP contribution is 2.21. The number of phenols is 1. The van der Waals surface area contributed by atoms with E-state index in [1.807, 2.05) is 50.4 Å². The topological polar surface area (TPSA) is 43.7 Å². The van der Waals surface area contributed by atoms with Crippen molar-refractivity contribution in [3.8, 4) is 5.75 Å². The molecule has 2 N–H and O–H groups in total. The molecular weight excluding hydrogens is 250 g/mol. The Morgan fingerprint density at radius 1 is 1.00 bits per heavy atom. The molecule has 3 heteroatoms. The van der Waals surface area contributed by atoms with Crippen molar-refractivity contribution in [2.24, 2.45) is 0 Å². The maximum absolute atomic E-state index is 10.2. The van der Waals surface area contributed by atoms with Gasteiger partial charge in [0.1, 0.15) is 5.75 Å². The largest absolute Gasteiger partial charge is 0.508 e. The summed E-state index contributed by atoms with van der Waals surface area (Å²) in [6.45, 7) is 2.79. The number of hydrogen-bond acceptors (Lipinski definition) is 3. The van der Waals surface area contributed by atoms with Crippen LogP contribution in [0.25, 0.3) is 0 Å². The minimum atomic E-state index is -0.449. The molecule has 0 fully saturated rings. The van der Waals surface area contributed by atoms with Crippen molar-refractivity contribution in [2.45, 2.75) is 19.4 Å². The van der Waals surface area contributed by atoms with E-state index < -0.39 is 6.10 Å². The van der Waals surface area contributed by atoms with Gasteiger partial charge < -0.3 is 15.1 Å². The van der Waals surface area contributed by atoms with Crippen molar-refractivity contribution >= 4 is 5.69 Å². The fourth-order valence-electron chi connectivity index (χ4n) is 2.11. The molecule has 0 spiro atoms. The Bertz CT molecular complexity index is 482. The van der Waals surface area contributed by atoms with Crippen molar-refractivity contribution in [1.29, 1.82) is 0 Å². The molecule has 0 aliphatic rings. The van der Waals surface area contributed by atoms with Crippen LogP contribution >= 0.6 is 0 Å². The summed E-state index contributed by atoms with van der Waals surface area (Å²) in [7, 11) is 1.98. The summed E-state index contributed by atoms with van der Waals surface area (Å²) in [5, 5.41) is 19.5. The molecule has 1 atom stereocenters. The van der Waals surface area contributed by atoms with Crippen LogP contribution in [0.4, 0.5) is 5.69 Å². The second kappa shape index (κ2) is 6.44. The zero-order valence-electron chi connectivity index (χ0n) is 12.0. The highest BCUT2D eigenvalue weighted by molar-refractivity contribution is 5.48. The summed E-state index contributed by atoms with van der Waals surface area (Å²) in [5.74, 6) is 0.266. The van der Waals surface area contributed by atoms with Crippen LogP contribution in [0.3, 0.4) is 0 Å². The van der Waals surface area contributed by atoms with Gasteiger partial charge in [0.2, 0.25) is 0 Å². The molecule has 3 nitrogen and oxygen atoms in total. The predicted octanol–water partition coefficient (Wildman–Crippen LogP) is 3.26. The van der Waals surface area contributed by atoms with E-state index in [4.69, 9.17) is 0 Å². The van der Waals surface area contributed by atoms with E-state index >= 15 is 0 Å². The van der Waals surface area contributed by atoms with Crippen LogP contribution in [0.2, 0.25) is 0 Å². The monoisotopic (exact) mass is 271 g/mol. The Balaban J connectivity index is 1.91. The number of nitrogens with zero attached hydrogens (tertiary/aromatic N) is 1. The zero-order valence-corrected chi connectivity index (χ0v) is 12.0.